The lowest BCUT2D eigenvalue weighted by Crippen LogP contribution is -1.93. The van der Waals surface area contributed by atoms with Gasteiger partial charge in [0.1, 0.15) is 0 Å². The van der Waals surface area contributed by atoms with Crippen molar-refractivity contribution in [3.8, 4) is 112 Å². The highest BCUT2D eigenvalue weighted by molar-refractivity contribution is 6.23. The maximum atomic E-state index is 2.37. The fraction of sp³-hybridized carbons (Fsp3) is 0.0364. The smallest absolute Gasteiger partial charge is 0.0541 e. The first-order valence-electron chi connectivity index (χ1n) is 38.9. The van der Waals surface area contributed by atoms with Crippen molar-refractivity contribution in [2.24, 2.45) is 0 Å². The Bertz CT molecular complexity index is 7170. The van der Waals surface area contributed by atoms with E-state index in [0.717, 1.165) is 0 Å². The molecule has 0 atom stereocenters. The summed E-state index contributed by atoms with van der Waals surface area (Å²) < 4.78 is 4.74. The highest BCUT2D eigenvalue weighted by Gasteiger charge is 2.22. The maximum absolute atomic E-state index is 2.37. The molecule has 21 aromatic rings. The standard InChI is InChI=1S/C58H41N.C52H37N/c1-38-18-33-51-53(35-38)57(45-27-23-41(24-28-45)40-11-5-3-6-12-40)50-32-17-39(2)36-54(50)58(51)46-29-25-43(26-30-46)42-19-21-44(22-20-42)47-31-34-56-52(37-47)49-15-9-10-16-55(49)59(56)48-13-7-4-8-14-48;1-34-18-29-45-47(31-34)51(39-11-5-3-6-12-39)44-28-17-35(2)32-48(44)52(45)40-25-23-37(24-26-40)36-19-21-38(22-20-36)41-27-30-50-46(33-41)43-15-9-10-16-49(43)53(50)42-13-7-4-8-14-42/h3-37H,1-2H3;3-33H,1-2H3. The quantitative estimate of drug-likeness (QED) is 0.114. The van der Waals surface area contributed by atoms with Gasteiger partial charge in [0.15, 0.2) is 0 Å². The van der Waals surface area contributed by atoms with Gasteiger partial charge in [0.25, 0.3) is 0 Å². The zero-order valence-electron chi connectivity index (χ0n) is 63.0. The van der Waals surface area contributed by atoms with Crippen LogP contribution in [0.5, 0.6) is 0 Å². The SMILES string of the molecule is Cc1ccc2c(-c3ccc(-c4ccc(-c5ccc6c(c5)c5ccccc5n6-c5ccccc5)cc4)cc3)c3cc(C)ccc3c(-c3ccc(-c4ccccc4)cc3)c2c1.Cc1ccc2c(-c3ccc(-c4ccc(-c5ccc6c(c5)c5ccccc5n6-c5ccccc5)cc4)cc3)c3cc(C)ccc3c(-c3ccccc3)c2c1. The van der Waals surface area contributed by atoms with E-state index in [4.69, 9.17) is 0 Å². The van der Waals surface area contributed by atoms with Crippen molar-refractivity contribution < 1.29 is 0 Å². The largest absolute Gasteiger partial charge is 0.309 e. The lowest BCUT2D eigenvalue weighted by Gasteiger charge is -2.19. The van der Waals surface area contributed by atoms with Crippen LogP contribution < -0.4 is 0 Å². The molecule has 0 fully saturated rings. The number of hydrogen-bond donors (Lipinski definition) is 0. The fourth-order valence-electron chi connectivity index (χ4n) is 17.6. The van der Waals surface area contributed by atoms with Crippen LogP contribution in [0.25, 0.3) is 198 Å². The van der Waals surface area contributed by atoms with E-state index in [0.29, 0.717) is 0 Å². The number of hydrogen-bond acceptors (Lipinski definition) is 0. The third-order valence-corrected chi connectivity index (χ3v) is 23.0. The Hall–Kier alpha value is -14.2. The molecule has 0 amide bonds. The summed E-state index contributed by atoms with van der Waals surface area (Å²) in [5, 5.41) is 15.3. The molecule has 0 aliphatic rings. The van der Waals surface area contributed by atoms with Crippen LogP contribution in [0, 0.1) is 27.7 Å². The second-order valence-corrected chi connectivity index (χ2v) is 30.2. The normalized spacial score (nSPS) is 11.6. The van der Waals surface area contributed by atoms with Crippen LogP contribution in [0.1, 0.15) is 22.3 Å². The van der Waals surface area contributed by atoms with E-state index in [2.05, 4.69) is 437 Å². The predicted molar refractivity (Wildman–Crippen MR) is 479 cm³/mol. The minimum absolute atomic E-state index is 1.18. The van der Waals surface area contributed by atoms with Crippen LogP contribution in [0.15, 0.2) is 400 Å². The van der Waals surface area contributed by atoms with Crippen molar-refractivity contribution >= 4 is 86.7 Å². The second kappa shape index (κ2) is 28.1. The van der Waals surface area contributed by atoms with Gasteiger partial charge < -0.3 is 9.13 Å². The minimum Gasteiger partial charge on any atom is -0.309 e. The van der Waals surface area contributed by atoms with Crippen molar-refractivity contribution in [1.29, 1.82) is 0 Å². The Morgan fingerprint density at radius 2 is 0.348 bits per heavy atom. The molecule has 0 N–H and O–H groups in total. The van der Waals surface area contributed by atoms with Crippen LogP contribution in [0.3, 0.4) is 0 Å². The predicted octanol–water partition coefficient (Wildman–Crippen LogP) is 30.4. The van der Waals surface area contributed by atoms with Crippen LogP contribution in [0.2, 0.25) is 0 Å². The molecule has 528 valence electrons. The van der Waals surface area contributed by atoms with Gasteiger partial charge in [-0.2, -0.15) is 0 Å². The van der Waals surface area contributed by atoms with Crippen molar-refractivity contribution in [3.63, 3.8) is 0 Å². The van der Waals surface area contributed by atoms with Gasteiger partial charge in [-0.1, -0.05) is 362 Å². The van der Waals surface area contributed by atoms with Gasteiger partial charge in [0.2, 0.25) is 0 Å². The van der Waals surface area contributed by atoms with Crippen LogP contribution in [-0.2, 0) is 0 Å². The van der Waals surface area contributed by atoms with Gasteiger partial charge in [-0.3, -0.25) is 0 Å². The minimum atomic E-state index is 1.18. The maximum Gasteiger partial charge on any atom is 0.0541 e. The first-order valence-corrected chi connectivity index (χ1v) is 38.9. The first-order chi connectivity index (χ1) is 55.2. The molecule has 0 radical (unpaired) electrons. The summed E-state index contributed by atoms with van der Waals surface area (Å²) >= 11 is 0. The lowest BCUT2D eigenvalue weighted by molar-refractivity contribution is 1.18. The van der Waals surface area contributed by atoms with Gasteiger partial charge in [-0.25, -0.2) is 0 Å². The number of nitrogens with zero attached hydrogens (tertiary/aromatic N) is 2. The number of benzene rings is 19. The number of fused-ring (bicyclic) bond motifs is 10. The Labute approximate surface area is 653 Å². The van der Waals surface area contributed by atoms with Gasteiger partial charge in [-0.05, 0) is 232 Å². The topological polar surface area (TPSA) is 9.86 Å². The molecule has 112 heavy (non-hydrogen) atoms. The van der Waals surface area contributed by atoms with Crippen molar-refractivity contribution in [1.82, 2.24) is 9.13 Å². The molecule has 0 saturated heterocycles. The zero-order valence-corrected chi connectivity index (χ0v) is 63.0. The molecule has 0 bridgehead atoms. The number of aromatic nitrogens is 2. The lowest BCUT2D eigenvalue weighted by atomic mass is 9.84. The van der Waals surface area contributed by atoms with E-state index in [-0.39, 0.29) is 0 Å². The average molecular weight is 1430 g/mol. The van der Waals surface area contributed by atoms with E-state index >= 15 is 0 Å². The summed E-state index contributed by atoms with van der Waals surface area (Å²) in [6.07, 6.45) is 0. The summed E-state index contributed by atoms with van der Waals surface area (Å²) in [6, 6.07) is 147. The van der Waals surface area contributed by atoms with Crippen LogP contribution in [-0.4, -0.2) is 9.13 Å². The molecule has 19 aromatic carbocycles. The summed E-state index contributed by atoms with van der Waals surface area (Å²) in [4.78, 5) is 0. The molecule has 0 saturated carbocycles. The van der Waals surface area contributed by atoms with E-state index < -0.39 is 0 Å². The Morgan fingerprint density at radius 3 is 0.652 bits per heavy atom. The third kappa shape index (κ3) is 12.0. The molecule has 2 heteroatoms. The van der Waals surface area contributed by atoms with Crippen LogP contribution >= 0.6 is 0 Å². The van der Waals surface area contributed by atoms with Gasteiger partial charge in [-0.15, -0.1) is 0 Å². The van der Waals surface area contributed by atoms with Crippen molar-refractivity contribution in [2.75, 3.05) is 0 Å². The molecule has 21 rings (SSSR count). The fourth-order valence-corrected chi connectivity index (χ4v) is 17.6. The highest BCUT2D eigenvalue weighted by atomic mass is 15.0. The molecule has 0 spiro atoms. The molecule has 2 aromatic heterocycles. The highest BCUT2D eigenvalue weighted by Crippen LogP contribution is 2.48. The molecule has 2 nitrogen and oxygen atoms in total. The van der Waals surface area contributed by atoms with E-state index in [9.17, 15) is 0 Å². The van der Waals surface area contributed by atoms with E-state index in [1.165, 1.54) is 220 Å². The number of aryl methyl sites for hydroxylation is 4. The number of rotatable bonds is 11. The van der Waals surface area contributed by atoms with Crippen LogP contribution in [0.4, 0.5) is 0 Å². The number of para-hydroxylation sites is 4. The molecule has 2 heterocycles. The van der Waals surface area contributed by atoms with Gasteiger partial charge in [0.05, 0.1) is 22.1 Å². The van der Waals surface area contributed by atoms with Gasteiger partial charge in [0, 0.05) is 32.9 Å². The van der Waals surface area contributed by atoms with Gasteiger partial charge >= 0.3 is 0 Å². The Kier molecular flexibility index (Phi) is 16.9. The van der Waals surface area contributed by atoms with Crippen molar-refractivity contribution in [3.05, 3.63) is 423 Å². The van der Waals surface area contributed by atoms with E-state index in [1.54, 1.807) is 0 Å². The summed E-state index contributed by atoms with van der Waals surface area (Å²) in [5.41, 5.74) is 34.6. The molecule has 0 aliphatic heterocycles. The summed E-state index contributed by atoms with van der Waals surface area (Å²) in [7, 11) is 0. The second-order valence-electron chi connectivity index (χ2n) is 30.2. The van der Waals surface area contributed by atoms with E-state index in [1.807, 2.05) is 0 Å². The molecular weight excluding hydrogens is 1350 g/mol. The first kappa shape index (κ1) is 67.2. The average Bonchev–Trinajstić information content (AvgIpc) is 1.69. The summed E-state index contributed by atoms with van der Waals surface area (Å²) in [5.74, 6) is 0. The summed E-state index contributed by atoms with van der Waals surface area (Å²) in [6.45, 7) is 8.78. The van der Waals surface area contributed by atoms with Crippen molar-refractivity contribution in [2.45, 2.75) is 27.7 Å². The zero-order chi connectivity index (χ0) is 74.9. The Morgan fingerprint density at radius 1 is 0.134 bits per heavy atom. The molecule has 0 aliphatic carbocycles. The molecule has 0 unspecified atom stereocenters. The molecular formula is C110H78N2. The Balaban J connectivity index is 0.000000147. The third-order valence-electron chi connectivity index (χ3n) is 23.0. The monoisotopic (exact) mass is 1430 g/mol.